The molecule has 0 unspecified atom stereocenters. The summed E-state index contributed by atoms with van der Waals surface area (Å²) in [6.07, 6.45) is 2.06. The lowest BCUT2D eigenvalue weighted by atomic mass is 10.2. The van der Waals surface area contributed by atoms with E-state index in [1.807, 2.05) is 0 Å². The van der Waals surface area contributed by atoms with Crippen LogP contribution < -0.4 is 16.4 Å². The van der Waals surface area contributed by atoms with Gasteiger partial charge in [-0.15, -0.1) is 0 Å². The molecule has 1 aliphatic rings. The second kappa shape index (κ2) is 6.53. The Morgan fingerprint density at radius 2 is 2.00 bits per heavy atom. The van der Waals surface area contributed by atoms with Crippen LogP contribution in [0.1, 0.15) is 12.8 Å². The number of anilines is 2. The van der Waals surface area contributed by atoms with Gasteiger partial charge in [0.25, 0.3) is 0 Å². The molecule has 7 heteroatoms. The number of rotatable bonds is 6. The number of carbonyl (C=O) groups is 2. The molecule has 6 nitrogen and oxygen atoms in total. The molecule has 1 saturated carbocycles. The summed E-state index contributed by atoms with van der Waals surface area (Å²) >= 11 is 0. The zero-order valence-electron chi connectivity index (χ0n) is 11.9. The highest BCUT2D eigenvalue weighted by Gasteiger charge is 2.23. The van der Waals surface area contributed by atoms with Crippen molar-refractivity contribution in [3.63, 3.8) is 0 Å². The van der Waals surface area contributed by atoms with Gasteiger partial charge in [-0.1, -0.05) is 0 Å². The topological polar surface area (TPSA) is 87.5 Å². The Balaban J connectivity index is 1.77. The van der Waals surface area contributed by atoms with Crippen LogP contribution >= 0.6 is 0 Å². The van der Waals surface area contributed by atoms with Crippen molar-refractivity contribution in [1.82, 2.24) is 10.2 Å². The number of nitrogens with two attached hydrogens (primary N) is 1. The number of hydrogen-bond acceptors (Lipinski definition) is 4. The van der Waals surface area contributed by atoms with E-state index in [0.29, 0.717) is 11.7 Å². The highest BCUT2D eigenvalue weighted by Crippen LogP contribution is 2.18. The van der Waals surface area contributed by atoms with Crippen molar-refractivity contribution in [2.75, 3.05) is 31.2 Å². The fraction of sp³-hybridized carbons (Fsp3) is 0.429. The van der Waals surface area contributed by atoms with Crippen molar-refractivity contribution in [2.45, 2.75) is 18.9 Å². The minimum Gasteiger partial charge on any atom is -0.396 e. The van der Waals surface area contributed by atoms with Crippen LogP contribution in [0.4, 0.5) is 15.8 Å². The number of amides is 2. The van der Waals surface area contributed by atoms with E-state index < -0.39 is 5.82 Å². The Labute approximate surface area is 122 Å². The molecule has 0 aromatic heterocycles. The third-order valence-electron chi connectivity index (χ3n) is 3.05. The number of benzene rings is 1. The van der Waals surface area contributed by atoms with Crippen molar-refractivity contribution < 1.29 is 14.0 Å². The number of nitrogens with one attached hydrogen (secondary N) is 2. The maximum Gasteiger partial charge on any atom is 0.238 e. The number of nitrogens with zero attached hydrogens (tertiary/aromatic N) is 1. The molecule has 0 bridgehead atoms. The van der Waals surface area contributed by atoms with Gasteiger partial charge in [-0.2, -0.15) is 0 Å². The van der Waals surface area contributed by atoms with E-state index in [0.717, 1.165) is 12.8 Å². The van der Waals surface area contributed by atoms with E-state index in [1.54, 1.807) is 11.9 Å². The molecule has 4 N–H and O–H groups in total. The van der Waals surface area contributed by atoms with Crippen molar-refractivity contribution in [2.24, 2.45) is 0 Å². The van der Waals surface area contributed by atoms with E-state index in [-0.39, 0.29) is 30.6 Å². The molecule has 0 aliphatic heterocycles. The molecule has 0 radical (unpaired) electrons. The summed E-state index contributed by atoms with van der Waals surface area (Å²) in [6, 6.07) is 4.29. The van der Waals surface area contributed by atoms with E-state index in [1.165, 1.54) is 18.2 Å². The summed E-state index contributed by atoms with van der Waals surface area (Å²) in [6.45, 7) is 0.227. The van der Waals surface area contributed by atoms with Gasteiger partial charge in [0, 0.05) is 11.7 Å². The van der Waals surface area contributed by atoms with Gasteiger partial charge in [-0.05, 0) is 38.1 Å². The molecule has 1 fully saturated rings. The van der Waals surface area contributed by atoms with Crippen LogP contribution in [0.5, 0.6) is 0 Å². The Morgan fingerprint density at radius 1 is 1.33 bits per heavy atom. The first-order valence-corrected chi connectivity index (χ1v) is 6.77. The maximum atomic E-state index is 13.0. The van der Waals surface area contributed by atoms with Gasteiger partial charge in [0.1, 0.15) is 5.82 Å². The van der Waals surface area contributed by atoms with E-state index >= 15 is 0 Å². The van der Waals surface area contributed by atoms with Crippen molar-refractivity contribution >= 4 is 23.2 Å². The van der Waals surface area contributed by atoms with Gasteiger partial charge >= 0.3 is 0 Å². The molecule has 1 aliphatic carbocycles. The third kappa shape index (κ3) is 5.03. The molecule has 1 aromatic rings. The third-order valence-corrected chi connectivity index (χ3v) is 3.05. The first kappa shape index (κ1) is 15.2. The van der Waals surface area contributed by atoms with Crippen LogP contribution in [0.15, 0.2) is 18.2 Å². The predicted molar refractivity (Wildman–Crippen MR) is 78.1 cm³/mol. The van der Waals surface area contributed by atoms with Gasteiger partial charge in [-0.25, -0.2) is 4.39 Å². The quantitative estimate of drug-likeness (QED) is 0.669. The number of hydrogen-bond donors (Lipinski definition) is 3. The molecule has 0 spiro atoms. The second-order valence-corrected chi connectivity index (χ2v) is 5.30. The van der Waals surface area contributed by atoms with Crippen LogP contribution in [-0.2, 0) is 9.59 Å². The predicted octanol–water partition coefficient (Wildman–Crippen LogP) is 0.557. The van der Waals surface area contributed by atoms with Gasteiger partial charge in [0.15, 0.2) is 0 Å². The highest BCUT2D eigenvalue weighted by atomic mass is 19.1. The summed E-state index contributed by atoms with van der Waals surface area (Å²) in [5, 5.41) is 5.46. The van der Waals surface area contributed by atoms with Crippen molar-refractivity contribution in [1.29, 1.82) is 0 Å². The Morgan fingerprint density at radius 3 is 2.62 bits per heavy atom. The normalized spacial score (nSPS) is 14.0. The highest BCUT2D eigenvalue weighted by molar-refractivity contribution is 5.93. The lowest BCUT2D eigenvalue weighted by Gasteiger charge is -2.16. The van der Waals surface area contributed by atoms with Crippen LogP contribution in [0, 0.1) is 5.82 Å². The minimum absolute atomic E-state index is 0.0232. The summed E-state index contributed by atoms with van der Waals surface area (Å²) in [7, 11) is 1.69. The maximum absolute atomic E-state index is 13.0. The van der Waals surface area contributed by atoms with Crippen molar-refractivity contribution in [3.8, 4) is 0 Å². The fourth-order valence-electron chi connectivity index (χ4n) is 1.87. The first-order valence-electron chi connectivity index (χ1n) is 6.77. The van der Waals surface area contributed by atoms with Crippen LogP contribution in [-0.4, -0.2) is 42.9 Å². The molecule has 114 valence electrons. The lowest BCUT2D eigenvalue weighted by molar-refractivity contribution is -0.123. The first-order chi connectivity index (χ1) is 9.94. The average Bonchev–Trinajstić information content (AvgIpc) is 3.17. The SMILES string of the molecule is CN(CC(=O)Nc1ccc(F)c(N)c1)CC(=O)NC1CC1. The summed E-state index contributed by atoms with van der Waals surface area (Å²) < 4.78 is 13.0. The molecule has 21 heavy (non-hydrogen) atoms. The van der Waals surface area contributed by atoms with Gasteiger partial charge < -0.3 is 16.4 Å². The average molecular weight is 294 g/mol. The standard InChI is InChI=1S/C14H19FN4O2/c1-19(7-13(20)17-9-2-3-9)8-14(21)18-10-4-5-11(15)12(16)6-10/h4-6,9H,2-3,7-8,16H2,1H3,(H,17,20)(H,18,21). The Hall–Kier alpha value is -2.15. The molecule has 0 atom stereocenters. The lowest BCUT2D eigenvalue weighted by Crippen LogP contribution is -2.39. The number of halogens is 1. The molecule has 2 rings (SSSR count). The smallest absolute Gasteiger partial charge is 0.238 e. The van der Waals surface area contributed by atoms with E-state index in [9.17, 15) is 14.0 Å². The fourth-order valence-corrected chi connectivity index (χ4v) is 1.87. The second-order valence-electron chi connectivity index (χ2n) is 5.30. The number of likely N-dealkylation sites (N-methyl/N-ethyl adjacent to an activating group) is 1. The van der Waals surface area contributed by atoms with Crippen LogP contribution in [0.25, 0.3) is 0 Å². The van der Waals surface area contributed by atoms with Crippen molar-refractivity contribution in [3.05, 3.63) is 24.0 Å². The Kier molecular flexibility index (Phi) is 4.74. The monoisotopic (exact) mass is 294 g/mol. The van der Waals surface area contributed by atoms with E-state index in [2.05, 4.69) is 10.6 Å². The van der Waals surface area contributed by atoms with E-state index in [4.69, 9.17) is 5.73 Å². The van der Waals surface area contributed by atoms with Gasteiger partial charge in [-0.3, -0.25) is 14.5 Å². The number of carbonyl (C=O) groups excluding carboxylic acids is 2. The summed E-state index contributed by atoms with van der Waals surface area (Å²) in [5.41, 5.74) is 5.83. The van der Waals surface area contributed by atoms with Crippen LogP contribution in [0.3, 0.4) is 0 Å². The van der Waals surface area contributed by atoms with Gasteiger partial charge in [0.2, 0.25) is 11.8 Å². The summed E-state index contributed by atoms with van der Waals surface area (Å²) in [4.78, 5) is 25.0. The molecular formula is C14H19FN4O2. The minimum atomic E-state index is -0.526. The van der Waals surface area contributed by atoms with Gasteiger partial charge in [0.05, 0.1) is 18.8 Å². The molecule has 2 amide bonds. The Bertz CT molecular complexity index is 546. The molecule has 1 aromatic carbocycles. The molecular weight excluding hydrogens is 275 g/mol. The van der Waals surface area contributed by atoms with Crippen LogP contribution in [0.2, 0.25) is 0 Å². The molecule has 0 heterocycles. The molecule has 0 saturated heterocycles. The summed E-state index contributed by atoms with van der Waals surface area (Å²) in [5.74, 6) is -0.900. The zero-order valence-corrected chi connectivity index (χ0v) is 11.9. The number of nitrogen functional groups attached to an aromatic ring is 1. The largest absolute Gasteiger partial charge is 0.396 e. The zero-order chi connectivity index (χ0) is 15.4.